The lowest BCUT2D eigenvalue weighted by atomic mass is 9.45. The molecule has 1 aliphatic heterocycles. The number of hydrogen-bond donors (Lipinski definition) is 1. The van der Waals surface area contributed by atoms with Gasteiger partial charge < -0.3 is 10.2 Å². The molecule has 5 rings (SSSR count). The molecule has 0 amide bonds. The van der Waals surface area contributed by atoms with Crippen LogP contribution in [0, 0.1) is 34.5 Å². The lowest BCUT2D eigenvalue weighted by molar-refractivity contribution is -0.137. The van der Waals surface area contributed by atoms with Gasteiger partial charge in [0.25, 0.3) is 0 Å². The maximum atomic E-state index is 12.6. The van der Waals surface area contributed by atoms with Gasteiger partial charge in [-0.05, 0) is 99.8 Å². The van der Waals surface area contributed by atoms with Crippen LogP contribution in [-0.4, -0.2) is 30.7 Å². The minimum Gasteiger partial charge on any atom is -0.394 e. The van der Waals surface area contributed by atoms with Crippen LogP contribution in [0.5, 0.6) is 0 Å². The molecule has 1 heterocycles. The van der Waals surface area contributed by atoms with Gasteiger partial charge in [-0.15, -0.1) is 0 Å². The molecule has 156 valence electrons. The van der Waals surface area contributed by atoms with E-state index in [9.17, 15) is 4.79 Å². The highest BCUT2D eigenvalue weighted by atomic mass is 16.6. The van der Waals surface area contributed by atoms with E-state index in [-0.39, 0.29) is 5.41 Å². The molecule has 5 aliphatic rings. The second-order valence-corrected chi connectivity index (χ2v) is 11.0. The fourth-order valence-electron chi connectivity index (χ4n) is 8.03. The highest BCUT2D eigenvalue weighted by Crippen LogP contribution is 2.65. The van der Waals surface area contributed by atoms with Crippen LogP contribution in [0.15, 0.2) is 5.16 Å². The number of hydrogen-bond acceptors (Lipinski definition) is 4. The van der Waals surface area contributed by atoms with Gasteiger partial charge >= 0.3 is 0 Å². The van der Waals surface area contributed by atoms with Crippen molar-refractivity contribution in [1.82, 2.24) is 5.32 Å². The lowest BCUT2D eigenvalue weighted by Crippen LogP contribution is -2.53. The quantitative estimate of drug-likeness (QED) is 0.714. The van der Waals surface area contributed by atoms with Crippen molar-refractivity contribution < 1.29 is 9.63 Å². The summed E-state index contributed by atoms with van der Waals surface area (Å²) in [4.78, 5) is 18.3. The van der Waals surface area contributed by atoms with Gasteiger partial charge in [0.1, 0.15) is 12.4 Å². The molecule has 4 saturated carbocycles. The Bertz CT molecular complexity index is 655. The molecule has 0 spiro atoms. The fourth-order valence-corrected chi connectivity index (χ4v) is 8.03. The van der Waals surface area contributed by atoms with Gasteiger partial charge in [-0.1, -0.05) is 19.0 Å². The Morgan fingerprint density at radius 2 is 1.96 bits per heavy atom. The maximum Gasteiger partial charge on any atom is 0.139 e. The molecule has 4 aliphatic carbocycles. The molecule has 0 aromatic heterocycles. The highest BCUT2D eigenvalue weighted by Gasteiger charge is 2.60. The standard InChI is InChI=1S/C24H38N2O2/c1-23-11-9-17(26-28-15-18-4-3-13-25-18)14-16(23)5-6-19-20-7-8-22(27)24(20,2)12-10-21(19)23/h16,18-21,25H,3-15H2,1-2H3/b26-17+/t16?,18?,19?,20?,21?,23-,24-/m0/s1. The van der Waals surface area contributed by atoms with Gasteiger partial charge in [-0.3, -0.25) is 4.79 Å². The van der Waals surface area contributed by atoms with Crippen molar-refractivity contribution in [3.8, 4) is 0 Å². The summed E-state index contributed by atoms with van der Waals surface area (Å²) in [7, 11) is 0. The summed E-state index contributed by atoms with van der Waals surface area (Å²) in [6, 6.07) is 0.499. The Morgan fingerprint density at radius 3 is 2.79 bits per heavy atom. The Labute approximate surface area is 170 Å². The van der Waals surface area contributed by atoms with E-state index in [1.807, 2.05) is 0 Å². The van der Waals surface area contributed by atoms with Crippen molar-refractivity contribution in [3.05, 3.63) is 0 Å². The van der Waals surface area contributed by atoms with Crippen molar-refractivity contribution in [2.24, 2.45) is 39.7 Å². The molecule has 4 nitrogen and oxygen atoms in total. The Morgan fingerprint density at radius 1 is 1.07 bits per heavy atom. The van der Waals surface area contributed by atoms with Crippen molar-refractivity contribution in [3.63, 3.8) is 0 Å². The van der Waals surface area contributed by atoms with E-state index in [0.717, 1.165) is 63.0 Å². The first kappa shape index (κ1) is 19.1. The summed E-state index contributed by atoms with van der Waals surface area (Å²) >= 11 is 0. The zero-order valence-electron chi connectivity index (χ0n) is 17.8. The molecule has 5 unspecified atom stereocenters. The van der Waals surface area contributed by atoms with Crippen molar-refractivity contribution in [2.75, 3.05) is 13.2 Å². The van der Waals surface area contributed by atoms with E-state index in [4.69, 9.17) is 4.84 Å². The Hall–Kier alpha value is -0.900. The van der Waals surface area contributed by atoms with E-state index in [1.54, 1.807) is 0 Å². The van der Waals surface area contributed by atoms with Crippen molar-refractivity contribution in [2.45, 2.75) is 90.5 Å². The van der Waals surface area contributed by atoms with Crippen LogP contribution < -0.4 is 5.32 Å². The van der Waals surface area contributed by atoms with Gasteiger partial charge in [0.15, 0.2) is 0 Å². The topological polar surface area (TPSA) is 50.7 Å². The van der Waals surface area contributed by atoms with Crippen LogP contribution in [0.25, 0.3) is 0 Å². The second kappa shape index (κ2) is 7.11. The third-order valence-electron chi connectivity index (χ3n) is 9.84. The summed E-state index contributed by atoms with van der Waals surface area (Å²) in [5, 5.41) is 8.06. The van der Waals surface area contributed by atoms with Crippen LogP contribution in [0.1, 0.15) is 84.5 Å². The highest BCUT2D eigenvalue weighted by molar-refractivity contribution is 5.87. The average molecular weight is 387 g/mol. The number of nitrogens with one attached hydrogen (secondary N) is 1. The summed E-state index contributed by atoms with van der Waals surface area (Å²) in [5.74, 6) is 3.59. The molecular formula is C24H38N2O2. The zero-order valence-corrected chi connectivity index (χ0v) is 17.8. The number of nitrogens with zero attached hydrogens (tertiary/aromatic N) is 1. The van der Waals surface area contributed by atoms with Crippen LogP contribution >= 0.6 is 0 Å². The normalized spacial score (nSPS) is 49.6. The Kier molecular flexibility index (Phi) is 4.84. The molecule has 0 radical (unpaired) electrons. The minimum atomic E-state index is 0.00770. The molecule has 1 N–H and O–H groups in total. The molecule has 5 fully saturated rings. The summed E-state index contributed by atoms with van der Waals surface area (Å²) in [6.45, 7) is 6.72. The Balaban J connectivity index is 1.25. The fraction of sp³-hybridized carbons (Fsp3) is 0.917. The largest absolute Gasteiger partial charge is 0.394 e. The van der Waals surface area contributed by atoms with Gasteiger partial charge in [-0.25, -0.2) is 0 Å². The first-order chi connectivity index (χ1) is 13.5. The number of rotatable bonds is 3. The first-order valence-corrected chi connectivity index (χ1v) is 11.9. The third kappa shape index (κ3) is 2.97. The van der Waals surface area contributed by atoms with Crippen LogP contribution in [0.4, 0.5) is 0 Å². The van der Waals surface area contributed by atoms with Crippen LogP contribution in [-0.2, 0) is 9.63 Å². The van der Waals surface area contributed by atoms with Crippen LogP contribution in [0.3, 0.4) is 0 Å². The van der Waals surface area contributed by atoms with E-state index in [1.165, 1.54) is 44.2 Å². The van der Waals surface area contributed by atoms with Gasteiger partial charge in [0, 0.05) is 17.9 Å². The molecule has 0 aromatic carbocycles. The van der Waals surface area contributed by atoms with Gasteiger partial charge in [-0.2, -0.15) is 0 Å². The number of fused-ring (bicyclic) bond motifs is 5. The summed E-state index contributed by atoms with van der Waals surface area (Å²) in [6.07, 6.45) is 13.1. The van der Waals surface area contributed by atoms with Gasteiger partial charge in [0.2, 0.25) is 0 Å². The predicted octanol–water partition coefficient (Wildman–Crippen LogP) is 4.72. The van der Waals surface area contributed by atoms with Crippen molar-refractivity contribution >= 4 is 11.5 Å². The monoisotopic (exact) mass is 386 g/mol. The second-order valence-electron chi connectivity index (χ2n) is 11.0. The third-order valence-corrected chi connectivity index (χ3v) is 9.84. The molecule has 4 heteroatoms. The number of Topliss-reactive ketones (excluding diaryl/α,β-unsaturated/α-hetero) is 1. The van der Waals surface area contributed by atoms with E-state index in [2.05, 4.69) is 24.3 Å². The van der Waals surface area contributed by atoms with E-state index in [0.29, 0.717) is 23.2 Å². The maximum absolute atomic E-state index is 12.6. The SMILES string of the molecule is C[C@]12CC/C(=N\OCC3CCCN3)CC1CCC1C2CC[C@]2(C)C(=O)CCC12. The first-order valence-electron chi connectivity index (χ1n) is 11.9. The molecular weight excluding hydrogens is 348 g/mol. The lowest BCUT2D eigenvalue weighted by Gasteiger charge is -2.59. The smallest absolute Gasteiger partial charge is 0.139 e. The summed E-state index contributed by atoms with van der Waals surface area (Å²) in [5.41, 5.74) is 1.76. The number of oxime groups is 1. The zero-order chi connectivity index (χ0) is 19.4. The van der Waals surface area contributed by atoms with Gasteiger partial charge in [0.05, 0.1) is 5.71 Å². The van der Waals surface area contributed by atoms with Crippen LogP contribution in [0.2, 0.25) is 0 Å². The average Bonchev–Trinajstić information content (AvgIpc) is 3.30. The molecule has 1 saturated heterocycles. The summed E-state index contributed by atoms with van der Waals surface area (Å²) < 4.78 is 0. The number of carbonyl (C=O) groups is 1. The molecule has 7 atom stereocenters. The van der Waals surface area contributed by atoms with E-state index >= 15 is 0 Å². The molecule has 28 heavy (non-hydrogen) atoms. The van der Waals surface area contributed by atoms with Crippen molar-refractivity contribution in [1.29, 1.82) is 0 Å². The molecule has 0 aromatic rings. The number of carbonyl (C=O) groups excluding carboxylic acids is 1. The predicted molar refractivity (Wildman–Crippen MR) is 111 cm³/mol. The number of ketones is 1. The minimum absolute atomic E-state index is 0.00770. The molecule has 0 bridgehead atoms. The van der Waals surface area contributed by atoms with E-state index < -0.39 is 0 Å².